The van der Waals surface area contributed by atoms with Crippen molar-refractivity contribution in [2.45, 2.75) is 25.3 Å². The molecule has 0 bridgehead atoms. The Morgan fingerprint density at radius 1 is 1.41 bits per heavy atom. The SMILES string of the molecule is O=C(O)[C@@H]1CCCN1c1cc(C(F)F)nc2ccc(Cl)cc12. The fraction of sp³-hybridized carbons (Fsp3) is 0.333. The van der Waals surface area contributed by atoms with Crippen molar-refractivity contribution in [1.82, 2.24) is 4.98 Å². The summed E-state index contributed by atoms with van der Waals surface area (Å²) in [6.45, 7) is 0.505. The number of fused-ring (bicyclic) bond motifs is 1. The van der Waals surface area contributed by atoms with Crippen LogP contribution < -0.4 is 4.90 Å². The number of alkyl halides is 2. The summed E-state index contributed by atoms with van der Waals surface area (Å²) in [7, 11) is 0. The molecule has 0 amide bonds. The number of carboxylic acids is 1. The Kier molecular flexibility index (Phi) is 3.87. The molecular weight excluding hydrogens is 314 g/mol. The van der Waals surface area contributed by atoms with Gasteiger partial charge in [0.1, 0.15) is 11.7 Å². The third-order valence-electron chi connectivity index (χ3n) is 3.84. The standard InChI is InChI=1S/C15H13ClF2N2O2/c16-8-3-4-10-9(6-8)13(7-11(19-10)14(17)18)20-5-1-2-12(20)15(21)22/h3-4,6-7,12,14H,1-2,5H2,(H,21,22)/t12-/m0/s1. The van der Waals surface area contributed by atoms with Gasteiger partial charge in [0, 0.05) is 22.6 Å². The van der Waals surface area contributed by atoms with E-state index in [0.717, 1.165) is 0 Å². The summed E-state index contributed by atoms with van der Waals surface area (Å²) < 4.78 is 26.1. The van der Waals surface area contributed by atoms with Gasteiger partial charge in [-0.1, -0.05) is 11.6 Å². The zero-order chi connectivity index (χ0) is 15.9. The molecule has 1 atom stereocenters. The number of hydrogen-bond donors (Lipinski definition) is 1. The van der Waals surface area contributed by atoms with Crippen LogP contribution in [0.1, 0.15) is 25.0 Å². The molecule has 0 unspecified atom stereocenters. The molecule has 0 radical (unpaired) electrons. The maximum Gasteiger partial charge on any atom is 0.326 e. The monoisotopic (exact) mass is 326 g/mol. The first-order valence-corrected chi connectivity index (χ1v) is 7.23. The van der Waals surface area contributed by atoms with E-state index < -0.39 is 18.4 Å². The largest absolute Gasteiger partial charge is 0.480 e. The lowest BCUT2D eigenvalue weighted by molar-refractivity contribution is -0.138. The summed E-state index contributed by atoms with van der Waals surface area (Å²) in [4.78, 5) is 17.0. The van der Waals surface area contributed by atoms with Crippen molar-refractivity contribution in [3.05, 3.63) is 35.0 Å². The number of aliphatic carboxylic acids is 1. The summed E-state index contributed by atoms with van der Waals surface area (Å²) in [6.07, 6.45) is -1.53. The van der Waals surface area contributed by atoms with Crippen LogP contribution in [0.4, 0.5) is 14.5 Å². The molecule has 7 heteroatoms. The molecule has 0 aliphatic carbocycles. The maximum absolute atomic E-state index is 13.1. The summed E-state index contributed by atoms with van der Waals surface area (Å²) in [5.74, 6) is -0.955. The molecule has 1 N–H and O–H groups in total. The van der Waals surface area contributed by atoms with Gasteiger partial charge in [-0.2, -0.15) is 0 Å². The van der Waals surface area contributed by atoms with Crippen molar-refractivity contribution in [1.29, 1.82) is 0 Å². The Bertz CT molecular complexity index is 739. The first kappa shape index (κ1) is 15.0. The average Bonchev–Trinajstić information content (AvgIpc) is 2.95. The Morgan fingerprint density at radius 2 is 2.18 bits per heavy atom. The van der Waals surface area contributed by atoms with Gasteiger partial charge in [-0.25, -0.2) is 18.6 Å². The number of halogens is 3. The highest BCUT2D eigenvalue weighted by molar-refractivity contribution is 6.31. The van der Waals surface area contributed by atoms with E-state index in [-0.39, 0.29) is 5.69 Å². The van der Waals surface area contributed by atoms with Gasteiger partial charge in [0.2, 0.25) is 0 Å². The number of aromatic nitrogens is 1. The molecular formula is C15H13ClF2N2O2. The third-order valence-corrected chi connectivity index (χ3v) is 4.07. The van der Waals surface area contributed by atoms with Gasteiger partial charge in [-0.05, 0) is 37.1 Å². The lowest BCUT2D eigenvalue weighted by Crippen LogP contribution is -2.36. The van der Waals surface area contributed by atoms with E-state index in [1.54, 1.807) is 23.1 Å². The van der Waals surface area contributed by atoms with Crippen LogP contribution in [-0.2, 0) is 4.79 Å². The lowest BCUT2D eigenvalue weighted by Gasteiger charge is -2.25. The average molecular weight is 327 g/mol. The van der Waals surface area contributed by atoms with Crippen LogP contribution in [0.25, 0.3) is 10.9 Å². The second kappa shape index (κ2) is 5.68. The number of carboxylic acid groups (broad SMARTS) is 1. The number of nitrogens with zero attached hydrogens (tertiary/aromatic N) is 2. The van der Waals surface area contributed by atoms with Crippen LogP contribution in [0.2, 0.25) is 5.02 Å². The Labute approximate surface area is 130 Å². The molecule has 22 heavy (non-hydrogen) atoms. The van der Waals surface area contributed by atoms with E-state index >= 15 is 0 Å². The first-order valence-electron chi connectivity index (χ1n) is 6.85. The smallest absolute Gasteiger partial charge is 0.326 e. The molecule has 1 saturated heterocycles. The van der Waals surface area contributed by atoms with Crippen molar-refractivity contribution in [2.75, 3.05) is 11.4 Å². The molecule has 1 aromatic carbocycles. The van der Waals surface area contributed by atoms with Gasteiger partial charge in [-0.3, -0.25) is 0 Å². The van der Waals surface area contributed by atoms with Crippen LogP contribution in [0.5, 0.6) is 0 Å². The molecule has 0 saturated carbocycles. The van der Waals surface area contributed by atoms with Gasteiger partial charge >= 0.3 is 5.97 Å². The molecule has 0 spiro atoms. The van der Waals surface area contributed by atoms with Gasteiger partial charge in [0.05, 0.1) is 5.52 Å². The number of carbonyl (C=O) groups is 1. The van der Waals surface area contributed by atoms with Crippen molar-refractivity contribution in [3.63, 3.8) is 0 Å². The quantitative estimate of drug-likeness (QED) is 0.930. The van der Waals surface area contributed by atoms with Crippen LogP contribution in [-0.4, -0.2) is 28.6 Å². The molecule has 1 aliphatic rings. The van der Waals surface area contributed by atoms with Gasteiger partial charge in [-0.15, -0.1) is 0 Å². The second-order valence-corrected chi connectivity index (χ2v) is 5.65. The highest BCUT2D eigenvalue weighted by Crippen LogP contribution is 2.35. The van der Waals surface area contributed by atoms with Crippen LogP contribution >= 0.6 is 11.6 Å². The zero-order valence-electron chi connectivity index (χ0n) is 11.5. The predicted molar refractivity (Wildman–Crippen MR) is 79.7 cm³/mol. The minimum Gasteiger partial charge on any atom is -0.480 e. The normalized spacial score (nSPS) is 18.4. The van der Waals surface area contributed by atoms with Gasteiger partial charge < -0.3 is 10.0 Å². The maximum atomic E-state index is 13.1. The molecule has 4 nitrogen and oxygen atoms in total. The van der Waals surface area contributed by atoms with E-state index in [1.807, 2.05) is 0 Å². The highest BCUT2D eigenvalue weighted by Gasteiger charge is 2.32. The topological polar surface area (TPSA) is 53.4 Å². The number of hydrogen-bond acceptors (Lipinski definition) is 3. The van der Waals surface area contributed by atoms with Gasteiger partial charge in [0.25, 0.3) is 6.43 Å². The number of anilines is 1. The molecule has 1 aliphatic heterocycles. The van der Waals surface area contributed by atoms with E-state index in [2.05, 4.69) is 4.98 Å². The lowest BCUT2D eigenvalue weighted by atomic mass is 10.1. The molecule has 2 aromatic rings. The zero-order valence-corrected chi connectivity index (χ0v) is 12.2. The predicted octanol–water partition coefficient (Wildman–Crippen LogP) is 3.88. The van der Waals surface area contributed by atoms with Crippen molar-refractivity contribution in [3.8, 4) is 0 Å². The molecule has 2 heterocycles. The van der Waals surface area contributed by atoms with Crippen molar-refractivity contribution >= 4 is 34.2 Å². The third kappa shape index (κ3) is 2.59. The molecule has 3 rings (SSSR count). The Morgan fingerprint density at radius 3 is 2.86 bits per heavy atom. The Hall–Kier alpha value is -1.95. The Balaban J connectivity index is 2.21. The van der Waals surface area contributed by atoms with Crippen LogP contribution in [0, 0.1) is 0 Å². The number of benzene rings is 1. The van der Waals surface area contributed by atoms with E-state index in [1.165, 1.54) is 6.07 Å². The summed E-state index contributed by atoms with van der Waals surface area (Å²) in [6, 6.07) is 5.33. The molecule has 1 fully saturated rings. The van der Waals surface area contributed by atoms with E-state index in [9.17, 15) is 18.7 Å². The number of pyridine rings is 1. The minimum atomic E-state index is -2.72. The highest BCUT2D eigenvalue weighted by atomic mass is 35.5. The summed E-state index contributed by atoms with van der Waals surface area (Å²) >= 11 is 5.99. The fourth-order valence-electron chi connectivity index (χ4n) is 2.86. The first-order chi connectivity index (χ1) is 10.5. The van der Waals surface area contributed by atoms with Crippen LogP contribution in [0.3, 0.4) is 0 Å². The molecule has 116 valence electrons. The van der Waals surface area contributed by atoms with E-state index in [4.69, 9.17) is 11.6 Å². The minimum absolute atomic E-state index is 0.360. The summed E-state index contributed by atoms with van der Waals surface area (Å²) in [5, 5.41) is 10.4. The fourth-order valence-corrected chi connectivity index (χ4v) is 3.03. The second-order valence-electron chi connectivity index (χ2n) is 5.22. The van der Waals surface area contributed by atoms with Crippen molar-refractivity contribution < 1.29 is 18.7 Å². The van der Waals surface area contributed by atoms with Gasteiger partial charge in [0.15, 0.2) is 0 Å². The van der Waals surface area contributed by atoms with Crippen molar-refractivity contribution in [2.24, 2.45) is 0 Å². The molecule has 1 aromatic heterocycles. The number of rotatable bonds is 3. The van der Waals surface area contributed by atoms with Crippen LogP contribution in [0.15, 0.2) is 24.3 Å². The summed E-state index contributed by atoms with van der Waals surface area (Å²) in [5.41, 5.74) is 0.474. The van der Waals surface area contributed by atoms with E-state index in [0.29, 0.717) is 41.0 Å².